The first kappa shape index (κ1) is 22.4. The van der Waals surface area contributed by atoms with Gasteiger partial charge in [0.05, 0.1) is 21.3 Å². The van der Waals surface area contributed by atoms with E-state index in [9.17, 15) is 36.5 Å². The molecule has 0 unspecified atom stereocenters. The molecule has 0 amide bonds. The molecule has 156 valence electrons. The van der Waals surface area contributed by atoms with Crippen molar-refractivity contribution in [2.24, 2.45) is 0 Å². The van der Waals surface area contributed by atoms with E-state index in [1.165, 1.54) is 0 Å². The van der Waals surface area contributed by atoms with Crippen LogP contribution in [0.3, 0.4) is 0 Å². The molecular weight excluding hydrogens is 443 g/mol. The second kappa shape index (κ2) is 8.25. The molecule has 2 aromatic carbocycles. The molecule has 8 nitrogen and oxygen atoms in total. The van der Waals surface area contributed by atoms with Gasteiger partial charge in [-0.15, -0.1) is 0 Å². The van der Waals surface area contributed by atoms with E-state index in [0.717, 1.165) is 24.3 Å². The fourth-order valence-electron chi connectivity index (χ4n) is 2.28. The molecule has 0 aliphatic heterocycles. The first-order valence-electron chi connectivity index (χ1n) is 7.52. The number of sulfone groups is 1. The lowest BCUT2D eigenvalue weighted by Crippen LogP contribution is -2.17. The van der Waals surface area contributed by atoms with Crippen LogP contribution in [0.4, 0.5) is 18.9 Å². The van der Waals surface area contributed by atoms with E-state index in [1.54, 1.807) is 0 Å². The summed E-state index contributed by atoms with van der Waals surface area (Å²) in [6.07, 6.45) is -4.62. The van der Waals surface area contributed by atoms with E-state index in [-0.39, 0.29) is 17.1 Å². The van der Waals surface area contributed by atoms with Crippen molar-refractivity contribution >= 4 is 33.1 Å². The van der Waals surface area contributed by atoms with Crippen molar-refractivity contribution in [2.45, 2.75) is 11.9 Å². The van der Waals surface area contributed by atoms with Crippen LogP contribution >= 0.6 is 11.6 Å². The van der Waals surface area contributed by atoms with Gasteiger partial charge in [0.2, 0.25) is 0 Å². The fourth-order valence-corrected chi connectivity index (χ4v) is 3.68. The molecule has 0 heterocycles. The highest BCUT2D eigenvalue weighted by molar-refractivity contribution is 7.91. The number of carboxylic acid groups (broad SMARTS) is 1. The quantitative estimate of drug-likeness (QED) is 0.495. The van der Waals surface area contributed by atoms with E-state index < -0.39 is 54.7 Å². The van der Waals surface area contributed by atoms with Gasteiger partial charge >= 0.3 is 12.1 Å². The Hall–Kier alpha value is -2.86. The largest absolute Gasteiger partial charge is 0.480 e. The van der Waals surface area contributed by atoms with E-state index in [1.807, 2.05) is 0 Å². The van der Waals surface area contributed by atoms with Gasteiger partial charge in [-0.1, -0.05) is 11.6 Å². The van der Waals surface area contributed by atoms with Crippen LogP contribution in [-0.4, -0.2) is 30.2 Å². The van der Waals surface area contributed by atoms with Gasteiger partial charge < -0.3 is 9.84 Å². The minimum absolute atomic E-state index is 0.141. The average molecular weight is 454 g/mol. The number of carbonyl (C=O) groups is 1. The summed E-state index contributed by atoms with van der Waals surface area (Å²) in [5, 5.41) is 19.4. The summed E-state index contributed by atoms with van der Waals surface area (Å²) in [5.74, 6) is -4.16. The number of alkyl halides is 3. The molecule has 0 radical (unpaired) electrons. The predicted octanol–water partition coefficient (Wildman–Crippen LogP) is 4.06. The van der Waals surface area contributed by atoms with Crippen LogP contribution in [0, 0.1) is 10.1 Å². The average Bonchev–Trinajstić information content (AvgIpc) is 2.54. The topological polar surface area (TPSA) is 124 Å². The standard InChI is InChI=1S/C16H11ClF3NO7S/c17-12-6-10(16(18,19)20)1-4-14(12)28-11-2-3-13(21(24)25)9(5-11)7-29(26,27)8-15(22)23/h1-6H,7-8H2,(H,22,23). The van der Waals surface area contributed by atoms with Crippen molar-refractivity contribution < 1.29 is 41.2 Å². The molecule has 0 spiro atoms. The lowest BCUT2D eigenvalue weighted by molar-refractivity contribution is -0.385. The Morgan fingerprint density at radius 1 is 1.21 bits per heavy atom. The number of carboxylic acids is 1. The zero-order valence-corrected chi connectivity index (χ0v) is 15.7. The Bertz CT molecular complexity index is 1070. The Labute approximate surface area is 166 Å². The summed E-state index contributed by atoms with van der Waals surface area (Å²) < 4.78 is 67.1. The summed E-state index contributed by atoms with van der Waals surface area (Å²) in [4.78, 5) is 20.9. The minimum Gasteiger partial charge on any atom is -0.480 e. The number of hydrogen-bond donors (Lipinski definition) is 1. The molecule has 0 aliphatic rings. The molecule has 0 bridgehead atoms. The normalized spacial score (nSPS) is 11.9. The van der Waals surface area contributed by atoms with E-state index >= 15 is 0 Å². The monoisotopic (exact) mass is 453 g/mol. The number of benzene rings is 2. The first-order valence-corrected chi connectivity index (χ1v) is 9.72. The maximum Gasteiger partial charge on any atom is 0.416 e. The summed E-state index contributed by atoms with van der Waals surface area (Å²) in [7, 11) is -4.22. The molecule has 29 heavy (non-hydrogen) atoms. The molecule has 0 atom stereocenters. The molecule has 13 heteroatoms. The number of rotatable bonds is 7. The Kier molecular flexibility index (Phi) is 6.38. The minimum atomic E-state index is -4.62. The number of aliphatic carboxylic acids is 1. The number of halogens is 4. The molecule has 2 aromatic rings. The SMILES string of the molecule is O=C(O)CS(=O)(=O)Cc1cc(Oc2ccc(C(F)(F)F)cc2Cl)ccc1[N+](=O)[O-]. The van der Waals surface area contributed by atoms with Crippen LogP contribution in [0.2, 0.25) is 5.02 Å². The lowest BCUT2D eigenvalue weighted by atomic mass is 10.2. The third-order valence-corrected chi connectivity index (χ3v) is 5.19. The highest BCUT2D eigenvalue weighted by Gasteiger charge is 2.31. The molecule has 0 aromatic heterocycles. The first-order chi connectivity index (χ1) is 13.3. The van der Waals surface area contributed by atoms with Gasteiger partial charge in [0.1, 0.15) is 17.3 Å². The van der Waals surface area contributed by atoms with Crippen LogP contribution in [-0.2, 0) is 26.6 Å². The number of hydrogen-bond acceptors (Lipinski definition) is 6. The van der Waals surface area contributed by atoms with Crippen LogP contribution < -0.4 is 4.74 Å². The van der Waals surface area contributed by atoms with Gasteiger partial charge in [0, 0.05) is 11.6 Å². The van der Waals surface area contributed by atoms with Crippen molar-refractivity contribution in [3.63, 3.8) is 0 Å². The maximum atomic E-state index is 12.7. The van der Waals surface area contributed by atoms with Crippen LogP contribution in [0.5, 0.6) is 11.5 Å². The summed E-state index contributed by atoms with van der Waals surface area (Å²) in [6, 6.07) is 5.28. The Morgan fingerprint density at radius 2 is 1.86 bits per heavy atom. The second-order valence-corrected chi connectivity index (χ2v) is 8.19. The van der Waals surface area contributed by atoms with Gasteiger partial charge in [0.25, 0.3) is 5.69 Å². The number of nitrogens with zero attached hydrogens (tertiary/aromatic N) is 1. The van der Waals surface area contributed by atoms with Crippen LogP contribution in [0.1, 0.15) is 11.1 Å². The van der Waals surface area contributed by atoms with Gasteiger partial charge in [-0.05, 0) is 30.3 Å². The Morgan fingerprint density at radius 3 is 2.38 bits per heavy atom. The van der Waals surface area contributed by atoms with Crippen molar-refractivity contribution in [1.82, 2.24) is 0 Å². The molecule has 0 saturated heterocycles. The molecular formula is C16H11ClF3NO7S. The van der Waals surface area contributed by atoms with Crippen LogP contribution in [0.15, 0.2) is 36.4 Å². The van der Waals surface area contributed by atoms with Gasteiger partial charge in [0.15, 0.2) is 9.84 Å². The Balaban J connectivity index is 2.38. The van der Waals surface area contributed by atoms with Gasteiger partial charge in [-0.3, -0.25) is 14.9 Å². The molecule has 0 aliphatic carbocycles. The van der Waals surface area contributed by atoms with Gasteiger partial charge in [-0.2, -0.15) is 13.2 Å². The van der Waals surface area contributed by atoms with Crippen molar-refractivity contribution in [2.75, 3.05) is 5.75 Å². The summed E-state index contributed by atoms with van der Waals surface area (Å²) in [6.45, 7) is 0. The van der Waals surface area contributed by atoms with E-state index in [0.29, 0.717) is 12.1 Å². The molecule has 0 fully saturated rings. The number of ether oxygens (including phenoxy) is 1. The van der Waals surface area contributed by atoms with E-state index in [2.05, 4.69) is 0 Å². The van der Waals surface area contributed by atoms with Crippen molar-refractivity contribution in [3.05, 3.63) is 62.7 Å². The summed E-state index contributed by atoms with van der Waals surface area (Å²) >= 11 is 5.78. The fraction of sp³-hybridized carbons (Fsp3) is 0.188. The van der Waals surface area contributed by atoms with Crippen molar-refractivity contribution in [1.29, 1.82) is 0 Å². The smallest absolute Gasteiger partial charge is 0.416 e. The molecule has 0 saturated carbocycles. The summed E-state index contributed by atoms with van der Waals surface area (Å²) in [5.41, 5.74) is -1.96. The zero-order valence-electron chi connectivity index (χ0n) is 14.1. The molecule has 2 rings (SSSR count). The molecule has 1 N–H and O–H groups in total. The second-order valence-electron chi connectivity index (χ2n) is 5.72. The lowest BCUT2D eigenvalue weighted by Gasteiger charge is -2.12. The maximum absolute atomic E-state index is 12.7. The van der Waals surface area contributed by atoms with E-state index in [4.69, 9.17) is 21.4 Å². The van der Waals surface area contributed by atoms with Gasteiger partial charge in [-0.25, -0.2) is 8.42 Å². The predicted molar refractivity (Wildman–Crippen MR) is 94.8 cm³/mol. The number of nitro benzene ring substituents is 1. The third-order valence-electron chi connectivity index (χ3n) is 3.45. The van der Waals surface area contributed by atoms with Crippen molar-refractivity contribution in [3.8, 4) is 11.5 Å². The highest BCUT2D eigenvalue weighted by atomic mass is 35.5. The third kappa shape index (κ3) is 6.06. The number of nitro groups is 1. The zero-order chi connectivity index (χ0) is 22.0. The highest BCUT2D eigenvalue weighted by Crippen LogP contribution is 2.37. The van der Waals surface area contributed by atoms with Crippen LogP contribution in [0.25, 0.3) is 0 Å².